The maximum atomic E-state index is 11.6. The number of hydrogen-bond acceptors (Lipinski definition) is 4. The highest BCUT2D eigenvalue weighted by atomic mass is 16.4. The van der Waals surface area contributed by atoms with Crippen LogP contribution in [0.1, 0.15) is 22.5 Å². The molecular formula is C19H16O5. The molecule has 0 spiro atoms. The molecule has 3 aromatic rings. The van der Waals surface area contributed by atoms with Gasteiger partial charge in [0.05, 0.1) is 0 Å². The van der Waals surface area contributed by atoms with Gasteiger partial charge in [-0.25, -0.2) is 9.59 Å². The zero-order valence-corrected chi connectivity index (χ0v) is 13.5. The maximum absolute atomic E-state index is 11.6. The van der Waals surface area contributed by atoms with Gasteiger partial charge in [0.25, 0.3) is 0 Å². The van der Waals surface area contributed by atoms with Crippen LogP contribution in [0.3, 0.4) is 0 Å². The lowest BCUT2D eigenvalue weighted by Gasteiger charge is -2.04. The normalized spacial score (nSPS) is 12.1. The van der Waals surface area contributed by atoms with E-state index < -0.39 is 5.97 Å². The van der Waals surface area contributed by atoms with E-state index >= 15 is 0 Å². The van der Waals surface area contributed by atoms with Crippen LogP contribution >= 0.6 is 0 Å². The minimum Gasteiger partial charge on any atom is -0.478 e. The van der Waals surface area contributed by atoms with Gasteiger partial charge in [-0.2, -0.15) is 0 Å². The van der Waals surface area contributed by atoms with E-state index in [9.17, 15) is 9.59 Å². The van der Waals surface area contributed by atoms with Crippen LogP contribution in [0.15, 0.2) is 44.0 Å². The van der Waals surface area contributed by atoms with Crippen molar-refractivity contribution >= 4 is 34.0 Å². The molecule has 0 radical (unpaired) electrons. The van der Waals surface area contributed by atoms with Crippen LogP contribution in [0, 0.1) is 20.8 Å². The number of fused-ring (bicyclic) bond motifs is 2. The standard InChI is InChI=1S/C19H16O5/c1-10-8-17(22)24-18-11(2)19-15(9-14(10)18)13(12(3)23-19)6-4-5-7-16(20)21/h4-9H,1-3H3,(H,20,21)/b6-4+,7-5+. The number of carboxylic acid groups (broad SMARTS) is 1. The minimum atomic E-state index is -0.999. The van der Waals surface area contributed by atoms with E-state index in [1.165, 1.54) is 12.1 Å². The lowest BCUT2D eigenvalue weighted by Crippen LogP contribution is -1.99. The Labute approximate surface area is 137 Å². The molecule has 5 nitrogen and oxygen atoms in total. The van der Waals surface area contributed by atoms with Gasteiger partial charge in [0.2, 0.25) is 0 Å². The molecular weight excluding hydrogens is 308 g/mol. The van der Waals surface area contributed by atoms with Gasteiger partial charge in [-0.1, -0.05) is 18.2 Å². The zero-order chi connectivity index (χ0) is 17.4. The molecule has 0 amide bonds. The topological polar surface area (TPSA) is 80.7 Å². The molecule has 3 rings (SSSR count). The van der Waals surface area contributed by atoms with Gasteiger partial charge >= 0.3 is 11.6 Å². The first-order valence-corrected chi connectivity index (χ1v) is 7.43. The van der Waals surface area contributed by atoms with Crippen molar-refractivity contribution in [1.82, 2.24) is 0 Å². The highest BCUT2D eigenvalue weighted by Gasteiger charge is 2.16. The molecule has 0 bridgehead atoms. The number of benzene rings is 1. The smallest absolute Gasteiger partial charge is 0.336 e. The first-order valence-electron chi connectivity index (χ1n) is 7.43. The molecule has 0 unspecified atom stereocenters. The van der Waals surface area contributed by atoms with Crippen molar-refractivity contribution in [3.63, 3.8) is 0 Å². The van der Waals surface area contributed by atoms with E-state index in [0.717, 1.165) is 33.5 Å². The molecule has 2 heterocycles. The van der Waals surface area contributed by atoms with Crippen molar-refractivity contribution in [2.75, 3.05) is 0 Å². The average molecular weight is 324 g/mol. The minimum absolute atomic E-state index is 0.385. The molecule has 0 aliphatic carbocycles. The summed E-state index contributed by atoms with van der Waals surface area (Å²) in [6, 6.07) is 3.40. The van der Waals surface area contributed by atoms with Crippen LogP contribution in [0.2, 0.25) is 0 Å². The summed E-state index contributed by atoms with van der Waals surface area (Å²) in [6.07, 6.45) is 5.98. The third-order valence-corrected chi connectivity index (χ3v) is 3.96. The third kappa shape index (κ3) is 2.65. The van der Waals surface area contributed by atoms with Crippen molar-refractivity contribution in [1.29, 1.82) is 0 Å². The fourth-order valence-electron chi connectivity index (χ4n) is 2.82. The molecule has 0 aliphatic rings. The van der Waals surface area contributed by atoms with Crippen LogP contribution in [-0.2, 0) is 4.79 Å². The summed E-state index contributed by atoms with van der Waals surface area (Å²) in [5, 5.41) is 10.4. The zero-order valence-electron chi connectivity index (χ0n) is 13.5. The molecule has 122 valence electrons. The summed E-state index contributed by atoms with van der Waals surface area (Å²) >= 11 is 0. The van der Waals surface area contributed by atoms with Crippen molar-refractivity contribution < 1.29 is 18.7 Å². The lowest BCUT2D eigenvalue weighted by molar-refractivity contribution is -0.131. The monoisotopic (exact) mass is 324 g/mol. The largest absolute Gasteiger partial charge is 0.478 e. The van der Waals surface area contributed by atoms with Crippen LogP contribution in [0.25, 0.3) is 28.0 Å². The number of carbonyl (C=O) groups is 1. The van der Waals surface area contributed by atoms with Crippen molar-refractivity contribution in [3.05, 3.63) is 63.2 Å². The Morgan fingerprint density at radius 3 is 2.46 bits per heavy atom. The molecule has 24 heavy (non-hydrogen) atoms. The molecule has 0 saturated carbocycles. The summed E-state index contributed by atoms with van der Waals surface area (Å²) in [5.41, 5.74) is 3.29. The van der Waals surface area contributed by atoms with Gasteiger partial charge in [0.15, 0.2) is 0 Å². The second-order valence-corrected chi connectivity index (χ2v) is 5.63. The van der Waals surface area contributed by atoms with Gasteiger partial charge in [-0.15, -0.1) is 0 Å². The van der Waals surface area contributed by atoms with Gasteiger partial charge in [-0.05, 0) is 32.4 Å². The Kier molecular flexibility index (Phi) is 3.85. The molecule has 0 fully saturated rings. The number of aryl methyl sites for hydroxylation is 3. The van der Waals surface area contributed by atoms with Crippen LogP contribution in [-0.4, -0.2) is 11.1 Å². The number of aliphatic carboxylic acids is 1. The van der Waals surface area contributed by atoms with Crippen LogP contribution in [0.5, 0.6) is 0 Å². The fourth-order valence-corrected chi connectivity index (χ4v) is 2.82. The second-order valence-electron chi connectivity index (χ2n) is 5.63. The SMILES string of the molecule is Cc1oc2c(C)c3oc(=O)cc(C)c3cc2c1/C=C/C=C/C(=O)O. The first-order chi connectivity index (χ1) is 11.4. The Bertz CT molecular complexity index is 1080. The lowest BCUT2D eigenvalue weighted by atomic mass is 10.0. The Balaban J connectivity index is 2.27. The fraction of sp³-hybridized carbons (Fsp3) is 0.158. The Morgan fingerprint density at radius 2 is 1.75 bits per heavy atom. The van der Waals surface area contributed by atoms with Gasteiger partial charge < -0.3 is 13.9 Å². The van der Waals surface area contributed by atoms with Crippen LogP contribution in [0.4, 0.5) is 0 Å². The van der Waals surface area contributed by atoms with E-state index in [1.807, 2.05) is 26.8 Å². The molecule has 0 atom stereocenters. The highest BCUT2D eigenvalue weighted by Crippen LogP contribution is 2.34. The van der Waals surface area contributed by atoms with E-state index in [1.54, 1.807) is 12.2 Å². The maximum Gasteiger partial charge on any atom is 0.336 e. The van der Waals surface area contributed by atoms with Gasteiger partial charge in [0.1, 0.15) is 16.9 Å². The van der Waals surface area contributed by atoms with E-state index in [0.29, 0.717) is 16.9 Å². The number of furan rings is 1. The number of hydrogen-bond donors (Lipinski definition) is 1. The van der Waals surface area contributed by atoms with E-state index in [4.69, 9.17) is 13.9 Å². The highest BCUT2D eigenvalue weighted by molar-refractivity contribution is 6.02. The average Bonchev–Trinajstić information content (AvgIpc) is 2.81. The number of rotatable bonds is 3. The summed E-state index contributed by atoms with van der Waals surface area (Å²) in [5.74, 6) is -0.288. The first kappa shape index (κ1) is 15.8. The molecule has 1 N–H and O–H groups in total. The summed E-state index contributed by atoms with van der Waals surface area (Å²) < 4.78 is 11.2. The Hall–Kier alpha value is -3.08. The number of allylic oxidation sites excluding steroid dienone is 2. The van der Waals surface area contributed by atoms with Crippen LogP contribution < -0.4 is 5.63 Å². The third-order valence-electron chi connectivity index (χ3n) is 3.96. The Morgan fingerprint density at radius 1 is 1.04 bits per heavy atom. The van der Waals surface area contributed by atoms with Crippen molar-refractivity contribution in [2.45, 2.75) is 20.8 Å². The molecule has 0 saturated heterocycles. The van der Waals surface area contributed by atoms with Crippen molar-refractivity contribution in [2.24, 2.45) is 0 Å². The molecule has 0 aliphatic heterocycles. The predicted molar refractivity (Wildman–Crippen MR) is 92.3 cm³/mol. The van der Waals surface area contributed by atoms with Crippen molar-refractivity contribution in [3.8, 4) is 0 Å². The molecule has 2 aromatic heterocycles. The van der Waals surface area contributed by atoms with E-state index in [-0.39, 0.29) is 5.63 Å². The molecule has 1 aromatic carbocycles. The van der Waals surface area contributed by atoms with Gasteiger partial charge in [0, 0.05) is 34.0 Å². The summed E-state index contributed by atoms with van der Waals surface area (Å²) in [7, 11) is 0. The quantitative estimate of drug-likeness (QED) is 0.445. The summed E-state index contributed by atoms with van der Waals surface area (Å²) in [4.78, 5) is 22.2. The van der Waals surface area contributed by atoms with E-state index in [2.05, 4.69) is 0 Å². The van der Waals surface area contributed by atoms with Gasteiger partial charge in [-0.3, -0.25) is 0 Å². The number of carboxylic acids is 1. The second kappa shape index (κ2) is 5.85. The summed E-state index contributed by atoms with van der Waals surface area (Å²) in [6.45, 7) is 5.56. The predicted octanol–water partition coefficient (Wildman–Crippen LogP) is 4.12. The molecule has 5 heteroatoms.